The van der Waals surface area contributed by atoms with E-state index in [0.717, 1.165) is 18.0 Å². The van der Waals surface area contributed by atoms with E-state index in [4.69, 9.17) is 0 Å². The Morgan fingerprint density at radius 2 is 1.87 bits per heavy atom. The molecule has 1 N–H and O–H groups in total. The summed E-state index contributed by atoms with van der Waals surface area (Å²) >= 11 is 0. The van der Waals surface area contributed by atoms with Gasteiger partial charge >= 0.3 is 0 Å². The zero-order valence-electron chi connectivity index (χ0n) is 10.3. The molecule has 0 amide bonds. The molecule has 1 heterocycles. The maximum Gasteiger partial charge on any atom is 0.00952 e. The van der Waals surface area contributed by atoms with Crippen molar-refractivity contribution in [2.75, 3.05) is 20.1 Å². The molecule has 1 saturated carbocycles. The first kappa shape index (κ1) is 11.4. The lowest BCUT2D eigenvalue weighted by Gasteiger charge is -2.24. The van der Waals surface area contributed by atoms with Crippen LogP contribution in [-0.4, -0.2) is 37.1 Å². The van der Waals surface area contributed by atoms with Crippen LogP contribution in [0.3, 0.4) is 0 Å². The van der Waals surface area contributed by atoms with Crippen LogP contribution in [0.2, 0.25) is 0 Å². The zero-order chi connectivity index (χ0) is 10.7. The first-order valence-electron chi connectivity index (χ1n) is 6.70. The predicted molar refractivity (Wildman–Crippen MR) is 65.1 cm³/mol. The molecule has 2 nitrogen and oxygen atoms in total. The molecule has 2 rings (SSSR count). The van der Waals surface area contributed by atoms with Crippen molar-refractivity contribution in [2.45, 2.75) is 57.5 Å². The number of hydrogen-bond acceptors (Lipinski definition) is 2. The molecule has 2 fully saturated rings. The van der Waals surface area contributed by atoms with Gasteiger partial charge in [0, 0.05) is 12.1 Å². The summed E-state index contributed by atoms with van der Waals surface area (Å²) in [5, 5.41) is 3.90. The number of hydrogen-bond donors (Lipinski definition) is 1. The molecule has 0 bridgehead atoms. The molecule has 0 aromatic carbocycles. The summed E-state index contributed by atoms with van der Waals surface area (Å²) in [6, 6.07) is 1.61. The molecule has 15 heavy (non-hydrogen) atoms. The largest absolute Gasteiger partial charge is 0.311 e. The SMILES string of the molecule is CC1CCC[C@@H]1NC1CCCN(C)CC1. The highest BCUT2D eigenvalue weighted by molar-refractivity contribution is 4.84. The lowest BCUT2D eigenvalue weighted by atomic mass is 10.0. The first-order valence-corrected chi connectivity index (χ1v) is 6.70. The molecule has 0 aromatic heterocycles. The van der Waals surface area contributed by atoms with Crippen LogP contribution < -0.4 is 5.32 Å². The molecule has 88 valence electrons. The van der Waals surface area contributed by atoms with E-state index in [1.807, 2.05) is 0 Å². The average molecular weight is 210 g/mol. The van der Waals surface area contributed by atoms with Crippen molar-refractivity contribution < 1.29 is 0 Å². The van der Waals surface area contributed by atoms with Crippen LogP contribution in [0.4, 0.5) is 0 Å². The minimum absolute atomic E-state index is 0.792. The summed E-state index contributed by atoms with van der Waals surface area (Å²) in [4.78, 5) is 2.47. The third kappa shape index (κ3) is 3.18. The van der Waals surface area contributed by atoms with Crippen LogP contribution in [0.15, 0.2) is 0 Å². The summed E-state index contributed by atoms with van der Waals surface area (Å²) in [6.45, 7) is 4.98. The van der Waals surface area contributed by atoms with Gasteiger partial charge in [0.05, 0.1) is 0 Å². The van der Waals surface area contributed by atoms with Gasteiger partial charge in [0.1, 0.15) is 0 Å². The van der Waals surface area contributed by atoms with Gasteiger partial charge in [-0.2, -0.15) is 0 Å². The minimum atomic E-state index is 0.792. The summed E-state index contributed by atoms with van der Waals surface area (Å²) < 4.78 is 0. The lowest BCUT2D eigenvalue weighted by Crippen LogP contribution is -2.40. The Morgan fingerprint density at radius 3 is 2.60 bits per heavy atom. The summed E-state index contributed by atoms with van der Waals surface area (Å²) in [7, 11) is 2.25. The van der Waals surface area contributed by atoms with Gasteiger partial charge in [-0.3, -0.25) is 0 Å². The Labute approximate surface area is 94.4 Å². The van der Waals surface area contributed by atoms with E-state index < -0.39 is 0 Å². The van der Waals surface area contributed by atoms with Gasteiger partial charge in [-0.1, -0.05) is 13.3 Å². The summed E-state index contributed by atoms with van der Waals surface area (Å²) in [6.07, 6.45) is 8.38. The summed E-state index contributed by atoms with van der Waals surface area (Å²) in [5.74, 6) is 0.908. The standard InChI is InChI=1S/C13H26N2/c1-11-5-3-7-13(11)14-12-6-4-9-15(2)10-8-12/h11-14H,3-10H2,1-2H3/t11?,12?,13-/m0/s1. The van der Waals surface area contributed by atoms with Crippen LogP contribution in [0.25, 0.3) is 0 Å². The van der Waals surface area contributed by atoms with E-state index in [1.54, 1.807) is 0 Å². The van der Waals surface area contributed by atoms with E-state index >= 15 is 0 Å². The van der Waals surface area contributed by atoms with Gasteiger partial charge in [-0.05, 0) is 58.2 Å². The molecule has 1 aliphatic carbocycles. The highest BCUT2D eigenvalue weighted by Gasteiger charge is 2.26. The van der Waals surface area contributed by atoms with E-state index in [1.165, 1.54) is 51.6 Å². The average Bonchev–Trinajstić information content (AvgIpc) is 2.48. The van der Waals surface area contributed by atoms with Crippen LogP contribution in [0.5, 0.6) is 0 Å². The Bertz CT molecular complexity index is 193. The Kier molecular flexibility index (Phi) is 4.04. The first-order chi connectivity index (χ1) is 7.25. The van der Waals surface area contributed by atoms with E-state index in [9.17, 15) is 0 Å². The van der Waals surface area contributed by atoms with Crippen LogP contribution >= 0.6 is 0 Å². The van der Waals surface area contributed by atoms with Gasteiger partial charge in [-0.15, -0.1) is 0 Å². The molecule has 1 aliphatic heterocycles. The van der Waals surface area contributed by atoms with Crippen molar-refractivity contribution in [2.24, 2.45) is 5.92 Å². The minimum Gasteiger partial charge on any atom is -0.311 e. The number of nitrogens with one attached hydrogen (secondary N) is 1. The van der Waals surface area contributed by atoms with Crippen molar-refractivity contribution in [1.29, 1.82) is 0 Å². The molecule has 0 spiro atoms. The topological polar surface area (TPSA) is 15.3 Å². The molecular weight excluding hydrogens is 184 g/mol. The third-order valence-electron chi connectivity index (χ3n) is 4.26. The fourth-order valence-electron chi connectivity index (χ4n) is 3.10. The van der Waals surface area contributed by atoms with E-state index in [2.05, 4.69) is 24.2 Å². The van der Waals surface area contributed by atoms with Crippen molar-refractivity contribution in [3.05, 3.63) is 0 Å². The smallest absolute Gasteiger partial charge is 0.00952 e. The highest BCUT2D eigenvalue weighted by Crippen LogP contribution is 2.26. The second-order valence-corrected chi connectivity index (χ2v) is 5.61. The van der Waals surface area contributed by atoms with Crippen molar-refractivity contribution in [3.8, 4) is 0 Å². The van der Waals surface area contributed by atoms with Gasteiger partial charge in [0.15, 0.2) is 0 Å². The molecule has 3 atom stereocenters. The Morgan fingerprint density at radius 1 is 1.00 bits per heavy atom. The van der Waals surface area contributed by atoms with E-state index in [0.29, 0.717) is 0 Å². The van der Waals surface area contributed by atoms with E-state index in [-0.39, 0.29) is 0 Å². The highest BCUT2D eigenvalue weighted by atomic mass is 15.1. The third-order valence-corrected chi connectivity index (χ3v) is 4.26. The van der Waals surface area contributed by atoms with Gasteiger partial charge in [-0.25, -0.2) is 0 Å². The molecule has 2 heteroatoms. The number of likely N-dealkylation sites (tertiary alicyclic amines) is 1. The molecule has 2 unspecified atom stereocenters. The monoisotopic (exact) mass is 210 g/mol. The maximum absolute atomic E-state index is 3.90. The second kappa shape index (κ2) is 5.31. The normalized spacial score (nSPS) is 39.2. The van der Waals surface area contributed by atoms with Gasteiger partial charge in [0.25, 0.3) is 0 Å². The fourth-order valence-corrected chi connectivity index (χ4v) is 3.10. The Hall–Kier alpha value is -0.0800. The zero-order valence-corrected chi connectivity index (χ0v) is 10.3. The van der Waals surface area contributed by atoms with Gasteiger partial charge in [0.2, 0.25) is 0 Å². The maximum atomic E-state index is 3.90. The second-order valence-electron chi connectivity index (χ2n) is 5.61. The molecule has 0 aromatic rings. The molecule has 0 radical (unpaired) electrons. The van der Waals surface area contributed by atoms with Crippen molar-refractivity contribution in [3.63, 3.8) is 0 Å². The van der Waals surface area contributed by atoms with Crippen LogP contribution in [-0.2, 0) is 0 Å². The molecule has 2 aliphatic rings. The molecular formula is C13H26N2. The molecule has 1 saturated heterocycles. The number of rotatable bonds is 2. The van der Waals surface area contributed by atoms with Crippen molar-refractivity contribution in [1.82, 2.24) is 10.2 Å². The lowest BCUT2D eigenvalue weighted by molar-refractivity contribution is 0.327. The van der Waals surface area contributed by atoms with Crippen molar-refractivity contribution >= 4 is 0 Å². The van der Waals surface area contributed by atoms with Gasteiger partial charge < -0.3 is 10.2 Å². The fraction of sp³-hybridized carbons (Fsp3) is 1.00. The van der Waals surface area contributed by atoms with Crippen LogP contribution in [0, 0.1) is 5.92 Å². The summed E-state index contributed by atoms with van der Waals surface area (Å²) in [5.41, 5.74) is 0. The quantitative estimate of drug-likeness (QED) is 0.752. The number of nitrogens with zero attached hydrogens (tertiary/aromatic N) is 1. The predicted octanol–water partition coefficient (Wildman–Crippen LogP) is 2.25. The Balaban J connectivity index is 1.78. The van der Waals surface area contributed by atoms with Crippen LogP contribution in [0.1, 0.15) is 45.4 Å².